The molecule has 3 rings (SSSR count). The number of hydrogen-bond donors (Lipinski definition) is 2. The quantitative estimate of drug-likeness (QED) is 0.388. The largest absolute Gasteiger partial charge is 0.326 e. The van der Waals surface area contributed by atoms with Crippen LogP contribution in [0.15, 0.2) is 48.3 Å². The molecule has 2 heterocycles. The molecule has 8 nitrogen and oxygen atoms in total. The molecule has 1 fully saturated rings. The summed E-state index contributed by atoms with van der Waals surface area (Å²) in [4.78, 5) is 32.8. The van der Waals surface area contributed by atoms with E-state index in [4.69, 9.17) is 0 Å². The van der Waals surface area contributed by atoms with Crippen LogP contribution in [0, 0.1) is 10.1 Å². The van der Waals surface area contributed by atoms with Crippen LogP contribution in [0.2, 0.25) is 0 Å². The number of nitrogens with zero attached hydrogens (tertiary/aromatic N) is 2. The van der Waals surface area contributed by atoms with E-state index in [-0.39, 0.29) is 11.4 Å². The van der Waals surface area contributed by atoms with Gasteiger partial charge in [0.25, 0.3) is 11.6 Å². The third-order valence-corrected chi connectivity index (χ3v) is 3.13. The first-order chi connectivity index (χ1) is 10.5. The lowest BCUT2D eigenvalue weighted by atomic mass is 10.2. The third kappa shape index (κ3) is 2.44. The van der Waals surface area contributed by atoms with E-state index in [2.05, 4.69) is 10.6 Å². The van der Waals surface area contributed by atoms with Crippen LogP contribution >= 0.6 is 0 Å². The van der Waals surface area contributed by atoms with Gasteiger partial charge in [-0.3, -0.25) is 20.2 Å². The number of urea groups is 1. The highest BCUT2D eigenvalue weighted by atomic mass is 16.6. The molecule has 110 valence electrons. The van der Waals surface area contributed by atoms with Crippen molar-refractivity contribution in [1.29, 1.82) is 0 Å². The van der Waals surface area contributed by atoms with Crippen LogP contribution in [0.1, 0.15) is 5.69 Å². The Morgan fingerprint density at radius 1 is 1.09 bits per heavy atom. The molecule has 0 radical (unpaired) electrons. The molecule has 1 aliphatic heterocycles. The molecule has 1 aromatic carbocycles. The number of nitro groups is 1. The summed E-state index contributed by atoms with van der Waals surface area (Å²) in [5.41, 5.74) is 1.50. The maximum atomic E-state index is 11.5. The number of aromatic nitrogens is 1. The van der Waals surface area contributed by atoms with Crippen LogP contribution in [0.5, 0.6) is 0 Å². The van der Waals surface area contributed by atoms with Gasteiger partial charge in [-0.05, 0) is 30.3 Å². The van der Waals surface area contributed by atoms with Crippen LogP contribution in [0.3, 0.4) is 0 Å². The Kier molecular flexibility index (Phi) is 3.18. The lowest BCUT2D eigenvalue weighted by Gasteiger charge is -2.06. The lowest BCUT2D eigenvalue weighted by molar-refractivity contribution is -0.384. The fourth-order valence-corrected chi connectivity index (χ4v) is 2.11. The predicted molar refractivity (Wildman–Crippen MR) is 77.1 cm³/mol. The summed E-state index contributed by atoms with van der Waals surface area (Å²) in [7, 11) is 0. The van der Waals surface area contributed by atoms with Gasteiger partial charge in [0.15, 0.2) is 0 Å². The summed E-state index contributed by atoms with van der Waals surface area (Å²) >= 11 is 0. The first-order valence-corrected chi connectivity index (χ1v) is 6.31. The molecule has 0 saturated carbocycles. The van der Waals surface area contributed by atoms with Gasteiger partial charge in [-0.1, -0.05) is 0 Å². The van der Waals surface area contributed by atoms with Crippen molar-refractivity contribution in [3.63, 3.8) is 0 Å². The number of carbonyl (C=O) groups excluding carboxylic acids is 2. The fourth-order valence-electron chi connectivity index (χ4n) is 2.11. The number of carbonyl (C=O) groups is 2. The smallest absolute Gasteiger partial charge is 0.317 e. The molecule has 1 saturated heterocycles. The van der Waals surface area contributed by atoms with E-state index in [0.717, 1.165) is 0 Å². The Hall–Kier alpha value is -3.42. The molecule has 0 bridgehead atoms. The van der Waals surface area contributed by atoms with Gasteiger partial charge in [0.1, 0.15) is 5.70 Å². The number of imide groups is 1. The highest BCUT2D eigenvalue weighted by Crippen LogP contribution is 2.19. The molecule has 2 aromatic rings. The molecule has 0 spiro atoms. The van der Waals surface area contributed by atoms with Crippen molar-refractivity contribution in [3.8, 4) is 5.69 Å². The number of amides is 3. The predicted octanol–water partition coefficient (Wildman–Crippen LogP) is 1.57. The molecule has 2 N–H and O–H groups in total. The molecule has 0 aliphatic carbocycles. The molecule has 1 aromatic heterocycles. The van der Waals surface area contributed by atoms with Crippen LogP contribution in [-0.2, 0) is 4.79 Å². The highest BCUT2D eigenvalue weighted by molar-refractivity contribution is 6.13. The van der Waals surface area contributed by atoms with Crippen LogP contribution in [0.4, 0.5) is 10.5 Å². The maximum Gasteiger partial charge on any atom is 0.326 e. The normalized spacial score (nSPS) is 15.7. The fraction of sp³-hybridized carbons (Fsp3) is 0. The topological polar surface area (TPSA) is 106 Å². The van der Waals surface area contributed by atoms with Gasteiger partial charge in [-0.2, -0.15) is 0 Å². The maximum absolute atomic E-state index is 11.5. The minimum absolute atomic E-state index is 0.00163. The summed E-state index contributed by atoms with van der Waals surface area (Å²) < 4.78 is 1.74. The van der Waals surface area contributed by atoms with Crippen molar-refractivity contribution in [3.05, 3.63) is 64.1 Å². The van der Waals surface area contributed by atoms with Crippen LogP contribution in [-0.4, -0.2) is 21.4 Å². The Morgan fingerprint density at radius 3 is 2.41 bits per heavy atom. The average Bonchev–Trinajstić information content (AvgIpc) is 3.06. The van der Waals surface area contributed by atoms with Gasteiger partial charge in [-0.25, -0.2) is 4.79 Å². The molecule has 8 heteroatoms. The number of nitrogens with one attached hydrogen (secondary N) is 2. The van der Waals surface area contributed by atoms with E-state index in [1.54, 1.807) is 35.0 Å². The number of non-ortho nitro benzene ring substituents is 1. The van der Waals surface area contributed by atoms with Crippen molar-refractivity contribution in [2.45, 2.75) is 0 Å². The Labute approximate surface area is 124 Å². The van der Waals surface area contributed by atoms with E-state index in [0.29, 0.717) is 11.4 Å². The lowest BCUT2D eigenvalue weighted by Crippen LogP contribution is -2.22. The first-order valence-electron chi connectivity index (χ1n) is 6.31. The average molecular weight is 298 g/mol. The molecule has 0 atom stereocenters. The summed E-state index contributed by atoms with van der Waals surface area (Å²) in [6.07, 6.45) is 3.28. The minimum atomic E-state index is -0.565. The Balaban J connectivity index is 1.95. The molecule has 3 amide bonds. The van der Waals surface area contributed by atoms with Crippen molar-refractivity contribution in [1.82, 2.24) is 15.2 Å². The Bertz CT molecular complexity index is 805. The first kappa shape index (κ1) is 13.6. The van der Waals surface area contributed by atoms with E-state index in [9.17, 15) is 19.7 Å². The zero-order valence-corrected chi connectivity index (χ0v) is 11.1. The summed E-state index contributed by atoms with van der Waals surface area (Å²) in [6.45, 7) is 0. The number of benzene rings is 1. The summed E-state index contributed by atoms with van der Waals surface area (Å²) in [5, 5.41) is 15.2. The van der Waals surface area contributed by atoms with E-state index in [1.807, 2.05) is 0 Å². The van der Waals surface area contributed by atoms with Gasteiger partial charge in [0, 0.05) is 29.7 Å². The zero-order valence-electron chi connectivity index (χ0n) is 11.1. The number of rotatable bonds is 3. The van der Waals surface area contributed by atoms with Gasteiger partial charge in [0.05, 0.1) is 4.92 Å². The van der Waals surface area contributed by atoms with E-state index < -0.39 is 16.9 Å². The second kappa shape index (κ2) is 5.17. The van der Waals surface area contributed by atoms with E-state index >= 15 is 0 Å². The summed E-state index contributed by atoms with van der Waals surface area (Å²) in [5.74, 6) is -0.499. The van der Waals surface area contributed by atoms with Crippen molar-refractivity contribution >= 4 is 23.7 Å². The molecular weight excluding hydrogens is 288 g/mol. The van der Waals surface area contributed by atoms with Gasteiger partial charge in [0.2, 0.25) is 0 Å². The second-order valence-corrected chi connectivity index (χ2v) is 4.54. The number of nitro benzene ring substituents is 1. The van der Waals surface area contributed by atoms with Crippen molar-refractivity contribution in [2.24, 2.45) is 0 Å². The standard InChI is InChI=1S/C14H10N4O4/c19-13-12(15-14(20)16-13)8-11-2-1-7-17(11)9-3-5-10(6-4-9)18(21)22/h1-8H,(H2,15,16,19,20)/b12-8-. The van der Waals surface area contributed by atoms with Gasteiger partial charge < -0.3 is 9.88 Å². The SMILES string of the molecule is O=C1NC(=O)/C(=C/c2cccn2-c2ccc([N+](=O)[O-])cc2)N1. The number of hydrogen-bond acceptors (Lipinski definition) is 4. The van der Waals surface area contributed by atoms with Crippen molar-refractivity contribution in [2.75, 3.05) is 0 Å². The zero-order chi connectivity index (χ0) is 15.7. The highest BCUT2D eigenvalue weighted by Gasteiger charge is 2.23. The van der Waals surface area contributed by atoms with Gasteiger partial charge in [-0.15, -0.1) is 0 Å². The monoisotopic (exact) mass is 298 g/mol. The van der Waals surface area contributed by atoms with Crippen LogP contribution < -0.4 is 10.6 Å². The van der Waals surface area contributed by atoms with E-state index in [1.165, 1.54) is 18.2 Å². The summed E-state index contributed by atoms with van der Waals surface area (Å²) in [6, 6.07) is 8.96. The molecule has 1 aliphatic rings. The van der Waals surface area contributed by atoms with Crippen molar-refractivity contribution < 1.29 is 14.5 Å². The molecule has 22 heavy (non-hydrogen) atoms. The van der Waals surface area contributed by atoms with Gasteiger partial charge >= 0.3 is 6.03 Å². The molecule has 0 unspecified atom stereocenters. The third-order valence-electron chi connectivity index (χ3n) is 3.13. The minimum Gasteiger partial charge on any atom is -0.317 e. The molecular formula is C14H10N4O4. The Morgan fingerprint density at radius 2 is 1.82 bits per heavy atom. The second-order valence-electron chi connectivity index (χ2n) is 4.54. The van der Waals surface area contributed by atoms with Crippen LogP contribution in [0.25, 0.3) is 11.8 Å².